The van der Waals surface area contributed by atoms with Crippen molar-refractivity contribution in [3.8, 4) is 0 Å². The van der Waals surface area contributed by atoms with E-state index in [1.165, 1.54) is 29.1 Å². The second-order valence-electron chi connectivity index (χ2n) is 19.2. The molecule has 0 aliphatic carbocycles. The summed E-state index contributed by atoms with van der Waals surface area (Å²) in [5.41, 5.74) is 12.0. The molecular formula is C51H73N5O12S2. The van der Waals surface area contributed by atoms with Gasteiger partial charge in [-0.15, -0.1) is 23.5 Å². The summed E-state index contributed by atoms with van der Waals surface area (Å²) in [5.74, 6) is 0.949. The highest BCUT2D eigenvalue weighted by Crippen LogP contribution is 2.43. The largest absolute Gasteiger partial charge is 0.394 e. The van der Waals surface area contributed by atoms with E-state index < -0.39 is 72.9 Å². The van der Waals surface area contributed by atoms with Crippen LogP contribution in [-0.2, 0) is 25.4 Å². The highest BCUT2D eigenvalue weighted by molar-refractivity contribution is 8.00. The lowest BCUT2D eigenvalue weighted by Gasteiger charge is -2.39. The smallest absolute Gasteiger partial charge is 0.222 e. The summed E-state index contributed by atoms with van der Waals surface area (Å²) in [6.07, 6.45) is -5.50. The number of thioether (sulfide) groups is 2. The predicted octanol–water partition coefficient (Wildman–Crippen LogP) is 4.41. The van der Waals surface area contributed by atoms with Crippen LogP contribution in [0.4, 0.5) is 0 Å². The Balaban J connectivity index is 1.13. The maximum absolute atomic E-state index is 13.7. The van der Waals surface area contributed by atoms with Crippen molar-refractivity contribution >= 4 is 63.1 Å². The van der Waals surface area contributed by atoms with Gasteiger partial charge in [0.25, 0.3) is 0 Å². The number of aliphatic hydroxyl groups excluding tert-OH is 8. The van der Waals surface area contributed by atoms with Gasteiger partial charge < -0.3 is 69.9 Å². The summed E-state index contributed by atoms with van der Waals surface area (Å²) in [5, 5.41) is 80.9. The SMILES string of the molecule is CCc1c(C)c2cc3[nH]c(cc4nc(c(C)c5nc(cc1[nH]2)C(C)=C5)[C@@H](CCC(=O)N(C)CCCS[C@@H]1O[C@H](CO)[C@@H](O)[C@H](O)[C@H]1O)[C@@H]4C)c(C)c3C(C)OCCCSC1O[C@H](CO)[C@@H](O)[C@H](O)[C@H]1O. The highest BCUT2D eigenvalue weighted by atomic mass is 32.2. The number of nitrogens with zero attached hydrogens (tertiary/aromatic N) is 3. The number of ether oxygens (including phenoxy) is 3. The maximum atomic E-state index is 13.7. The van der Waals surface area contributed by atoms with Crippen LogP contribution in [0.3, 0.4) is 0 Å². The Morgan fingerprint density at radius 1 is 0.786 bits per heavy atom. The molecule has 17 nitrogen and oxygen atoms in total. The fraction of sp³-hybridized carbons (Fsp3) is 0.627. The quantitative estimate of drug-likeness (QED) is 0.0791. The summed E-state index contributed by atoms with van der Waals surface area (Å²) in [4.78, 5) is 33.4. The molecule has 10 N–H and O–H groups in total. The number of hydrogen-bond acceptors (Lipinski definition) is 16. The normalized spacial score (nSPS) is 28.5. The molecule has 4 aliphatic rings. The molecule has 2 saturated heterocycles. The minimum atomic E-state index is -1.43. The molecule has 8 bridgehead atoms. The van der Waals surface area contributed by atoms with E-state index in [2.05, 4.69) is 75.8 Å². The average molecular weight is 1010 g/mol. The Bertz CT molecular complexity index is 2510. The maximum Gasteiger partial charge on any atom is 0.222 e. The monoisotopic (exact) mass is 1010 g/mol. The van der Waals surface area contributed by atoms with Gasteiger partial charge in [0.15, 0.2) is 0 Å². The Kier molecular flexibility index (Phi) is 18.4. The molecule has 3 aromatic heterocycles. The molecule has 3 aromatic rings. The van der Waals surface area contributed by atoms with E-state index in [1.807, 2.05) is 6.92 Å². The van der Waals surface area contributed by atoms with Gasteiger partial charge in [-0.25, -0.2) is 4.98 Å². The van der Waals surface area contributed by atoms with Crippen LogP contribution in [0.2, 0.25) is 0 Å². The number of amides is 1. The summed E-state index contributed by atoms with van der Waals surface area (Å²) in [7, 11) is 1.78. The lowest BCUT2D eigenvalue weighted by atomic mass is 9.85. The van der Waals surface area contributed by atoms with Gasteiger partial charge in [-0.2, -0.15) is 0 Å². The molecule has 4 aliphatic heterocycles. The fourth-order valence-electron chi connectivity index (χ4n) is 10.1. The standard InChI is InChI=1S/C51H73N5O12S2/c1-9-30-25(3)34-21-38-42(29(7)66-15-11-17-70-51-49(65)47(63)45(61)40(23-58)68-51)27(5)36(54-38)20-35-26(4)31(43(55-35)28(6)33-18-24(2)32(52-33)19-37(30)53-34)12-13-41(59)56(8)14-10-16-69-50-48(64)46(62)44(60)39(22-57)67-50/h18-21,26,29,31,39-40,44-51,53-54,57-58,60-65H,9-17,22-23H2,1-8H3/t26-,29?,31-,39+,40+,44+,45+,46-,47-,48+,49+,50-,51?/m0/s1. The zero-order valence-electron chi connectivity index (χ0n) is 41.5. The van der Waals surface area contributed by atoms with Crippen molar-refractivity contribution in [3.63, 3.8) is 0 Å². The van der Waals surface area contributed by atoms with Crippen LogP contribution in [0.15, 0.2) is 18.2 Å². The van der Waals surface area contributed by atoms with Crippen LogP contribution in [0, 0.1) is 20.8 Å². The number of aryl methyl sites for hydroxylation is 3. The molecular weight excluding hydrogens is 939 g/mol. The molecule has 19 heteroatoms. The van der Waals surface area contributed by atoms with Crippen molar-refractivity contribution in [3.05, 3.63) is 68.8 Å². The third-order valence-corrected chi connectivity index (χ3v) is 17.0. The van der Waals surface area contributed by atoms with Crippen LogP contribution in [0.25, 0.3) is 33.7 Å². The number of carbonyl (C=O) groups excluding carboxylic acids is 1. The molecule has 386 valence electrons. The van der Waals surface area contributed by atoms with E-state index in [-0.39, 0.29) is 23.8 Å². The number of nitrogens with one attached hydrogen (secondary N) is 2. The Labute approximate surface area is 418 Å². The predicted molar refractivity (Wildman–Crippen MR) is 272 cm³/mol. The molecule has 2 fully saturated rings. The van der Waals surface area contributed by atoms with Gasteiger partial charge in [0, 0.05) is 77.5 Å². The third kappa shape index (κ3) is 11.5. The van der Waals surface area contributed by atoms with Gasteiger partial charge in [0.2, 0.25) is 5.91 Å². The number of carbonyl (C=O) groups is 1. The minimum Gasteiger partial charge on any atom is -0.394 e. The lowest BCUT2D eigenvalue weighted by molar-refractivity contribution is -0.205. The van der Waals surface area contributed by atoms with Crippen molar-refractivity contribution in [1.82, 2.24) is 24.8 Å². The van der Waals surface area contributed by atoms with Crippen molar-refractivity contribution in [2.45, 2.75) is 158 Å². The Morgan fingerprint density at radius 3 is 2.00 bits per heavy atom. The Morgan fingerprint density at radius 2 is 1.39 bits per heavy atom. The average Bonchev–Trinajstić information content (AvgIpc) is 4.05. The first-order chi connectivity index (χ1) is 33.4. The van der Waals surface area contributed by atoms with E-state index in [0.717, 1.165) is 79.1 Å². The van der Waals surface area contributed by atoms with Crippen LogP contribution < -0.4 is 0 Å². The van der Waals surface area contributed by atoms with Crippen molar-refractivity contribution < 1.29 is 59.9 Å². The molecule has 1 amide bonds. The van der Waals surface area contributed by atoms with E-state index in [9.17, 15) is 45.6 Å². The zero-order chi connectivity index (χ0) is 50.7. The molecule has 0 aromatic carbocycles. The van der Waals surface area contributed by atoms with Gasteiger partial charge in [0.05, 0.1) is 30.7 Å². The number of aliphatic hydroxyl groups is 8. The zero-order valence-corrected chi connectivity index (χ0v) is 43.1. The second-order valence-corrected chi connectivity index (χ2v) is 21.6. The van der Waals surface area contributed by atoms with Crippen LogP contribution in [-0.4, -0.2) is 176 Å². The minimum absolute atomic E-state index is 0.00400. The van der Waals surface area contributed by atoms with Crippen molar-refractivity contribution in [2.24, 2.45) is 0 Å². The first-order valence-corrected chi connectivity index (χ1v) is 26.6. The van der Waals surface area contributed by atoms with E-state index in [4.69, 9.17) is 24.2 Å². The molecule has 13 atom stereocenters. The van der Waals surface area contributed by atoms with Crippen molar-refractivity contribution in [2.75, 3.05) is 44.9 Å². The summed E-state index contributed by atoms with van der Waals surface area (Å²) >= 11 is 2.58. The first kappa shape index (κ1) is 54.4. The number of aromatic nitrogens is 4. The number of rotatable bonds is 18. The molecule has 7 rings (SSSR count). The second kappa shape index (κ2) is 23.6. The molecule has 0 radical (unpaired) electrons. The summed E-state index contributed by atoms with van der Waals surface area (Å²) < 4.78 is 17.8. The first-order valence-electron chi connectivity index (χ1n) is 24.5. The van der Waals surface area contributed by atoms with Gasteiger partial charge in [-0.05, 0) is 124 Å². The van der Waals surface area contributed by atoms with Gasteiger partial charge >= 0.3 is 0 Å². The van der Waals surface area contributed by atoms with E-state index >= 15 is 0 Å². The third-order valence-electron chi connectivity index (χ3n) is 14.5. The van der Waals surface area contributed by atoms with Crippen LogP contribution in [0.5, 0.6) is 0 Å². The highest BCUT2D eigenvalue weighted by Gasteiger charge is 2.44. The van der Waals surface area contributed by atoms with Crippen molar-refractivity contribution in [1.29, 1.82) is 0 Å². The number of hydrogen-bond donors (Lipinski definition) is 10. The van der Waals surface area contributed by atoms with Gasteiger partial charge in [-0.1, -0.05) is 13.8 Å². The van der Waals surface area contributed by atoms with Gasteiger partial charge in [-0.3, -0.25) is 9.78 Å². The number of aromatic amines is 2. The number of H-pyrrole nitrogens is 2. The van der Waals surface area contributed by atoms with Gasteiger partial charge in [0.1, 0.15) is 59.7 Å². The number of allylic oxidation sites excluding steroid dienone is 1. The fourth-order valence-corrected chi connectivity index (χ4v) is 12.3. The summed E-state index contributed by atoms with van der Waals surface area (Å²) in [6.45, 7) is 14.6. The number of fused-ring (bicyclic) bond motifs is 8. The topological polar surface area (TPSA) is 267 Å². The lowest BCUT2D eigenvalue weighted by Crippen LogP contribution is -2.57. The molecule has 7 heterocycles. The summed E-state index contributed by atoms with van der Waals surface area (Å²) in [6, 6.07) is 6.40. The van der Waals surface area contributed by atoms with Crippen LogP contribution in [0.1, 0.15) is 122 Å². The van der Waals surface area contributed by atoms with E-state index in [1.54, 1.807) is 11.9 Å². The molecule has 2 unspecified atom stereocenters. The molecule has 0 saturated carbocycles. The molecule has 70 heavy (non-hydrogen) atoms. The molecule has 0 spiro atoms. The van der Waals surface area contributed by atoms with Crippen LogP contribution >= 0.6 is 23.5 Å². The Hall–Kier alpha value is -3.41. The van der Waals surface area contributed by atoms with E-state index in [0.29, 0.717) is 50.3 Å².